The Labute approximate surface area is 213 Å². The molecule has 0 unspecified atom stereocenters. The van der Waals surface area contributed by atoms with Crippen LogP contribution < -0.4 is 5.32 Å². The summed E-state index contributed by atoms with van der Waals surface area (Å²) >= 11 is 13.2. The third kappa shape index (κ3) is 5.80. The largest absolute Gasteiger partial charge is 0.416 e. The SMILES string of the molecule is Cn1c(S[C@@H](C(=O)Nc2cc(C(F)(F)F)ccc2Cl)c2ccccc2)nnc1-c1ccc(Cl)cc1. The molecule has 4 rings (SSSR count). The molecular weight excluding hydrogens is 520 g/mol. The minimum absolute atomic E-state index is 0.00755. The number of hydrogen-bond acceptors (Lipinski definition) is 4. The average molecular weight is 537 g/mol. The number of nitrogens with one attached hydrogen (secondary N) is 1. The highest BCUT2D eigenvalue weighted by Crippen LogP contribution is 2.38. The Kier molecular flexibility index (Phi) is 7.39. The molecule has 0 radical (unpaired) electrons. The molecule has 35 heavy (non-hydrogen) atoms. The van der Waals surface area contributed by atoms with Crippen molar-refractivity contribution in [3.8, 4) is 11.4 Å². The van der Waals surface area contributed by atoms with Gasteiger partial charge in [0.25, 0.3) is 0 Å². The number of nitrogens with zero attached hydrogens (tertiary/aromatic N) is 3. The van der Waals surface area contributed by atoms with Crippen molar-refractivity contribution in [1.29, 1.82) is 0 Å². The average Bonchev–Trinajstić information content (AvgIpc) is 3.19. The van der Waals surface area contributed by atoms with Crippen LogP contribution in [-0.2, 0) is 18.0 Å². The Balaban J connectivity index is 1.65. The maximum atomic E-state index is 13.3. The fourth-order valence-corrected chi connectivity index (χ4v) is 4.56. The zero-order valence-corrected chi connectivity index (χ0v) is 20.4. The van der Waals surface area contributed by atoms with Crippen molar-refractivity contribution in [1.82, 2.24) is 14.8 Å². The molecule has 1 N–H and O–H groups in total. The number of anilines is 1. The minimum atomic E-state index is -4.58. The quantitative estimate of drug-likeness (QED) is 0.263. The summed E-state index contributed by atoms with van der Waals surface area (Å²) in [6.45, 7) is 0. The fourth-order valence-electron chi connectivity index (χ4n) is 3.27. The first kappa shape index (κ1) is 25.1. The van der Waals surface area contributed by atoms with Crippen molar-refractivity contribution >= 4 is 46.6 Å². The first-order valence-corrected chi connectivity index (χ1v) is 11.8. The van der Waals surface area contributed by atoms with E-state index in [-0.39, 0.29) is 10.7 Å². The van der Waals surface area contributed by atoms with Crippen molar-refractivity contribution in [2.75, 3.05) is 5.32 Å². The van der Waals surface area contributed by atoms with Gasteiger partial charge in [0.15, 0.2) is 11.0 Å². The van der Waals surface area contributed by atoms with E-state index < -0.39 is 22.9 Å². The molecule has 3 aromatic carbocycles. The summed E-state index contributed by atoms with van der Waals surface area (Å²) in [5.41, 5.74) is 0.372. The van der Waals surface area contributed by atoms with E-state index in [1.165, 1.54) is 0 Å². The summed E-state index contributed by atoms with van der Waals surface area (Å²) in [5, 5.41) is 11.2. The highest BCUT2D eigenvalue weighted by Gasteiger charge is 2.32. The van der Waals surface area contributed by atoms with Gasteiger partial charge in [0.1, 0.15) is 5.25 Å². The summed E-state index contributed by atoms with van der Waals surface area (Å²) in [6, 6.07) is 18.7. The number of halogens is 5. The molecule has 1 aromatic heterocycles. The number of alkyl halides is 3. The summed E-state index contributed by atoms with van der Waals surface area (Å²) in [5.74, 6) is 0.00998. The number of amides is 1. The lowest BCUT2D eigenvalue weighted by molar-refractivity contribution is -0.137. The van der Waals surface area contributed by atoms with Gasteiger partial charge in [0, 0.05) is 17.6 Å². The number of rotatable bonds is 6. The number of carbonyl (C=O) groups excluding carboxylic acids is 1. The fraction of sp³-hybridized carbons (Fsp3) is 0.125. The molecule has 4 aromatic rings. The lowest BCUT2D eigenvalue weighted by Gasteiger charge is -2.18. The van der Waals surface area contributed by atoms with E-state index in [0.29, 0.717) is 21.6 Å². The van der Waals surface area contributed by atoms with Gasteiger partial charge in [-0.1, -0.05) is 65.3 Å². The van der Waals surface area contributed by atoms with Crippen LogP contribution in [0.15, 0.2) is 78.0 Å². The summed E-state index contributed by atoms with van der Waals surface area (Å²) in [6.07, 6.45) is -4.58. The lowest BCUT2D eigenvalue weighted by atomic mass is 10.1. The summed E-state index contributed by atoms with van der Waals surface area (Å²) in [4.78, 5) is 13.3. The van der Waals surface area contributed by atoms with Crippen LogP contribution in [0.1, 0.15) is 16.4 Å². The third-order valence-electron chi connectivity index (χ3n) is 5.05. The second-order valence-corrected chi connectivity index (χ2v) is 9.38. The second kappa shape index (κ2) is 10.3. The number of benzene rings is 3. The lowest BCUT2D eigenvalue weighted by Crippen LogP contribution is -2.20. The predicted molar refractivity (Wildman–Crippen MR) is 132 cm³/mol. The van der Waals surface area contributed by atoms with Crippen molar-refractivity contribution in [3.05, 3.63) is 94.0 Å². The third-order valence-corrected chi connectivity index (χ3v) is 6.92. The smallest absolute Gasteiger partial charge is 0.323 e. The van der Waals surface area contributed by atoms with Crippen LogP contribution in [0.5, 0.6) is 0 Å². The van der Waals surface area contributed by atoms with E-state index in [1.807, 2.05) is 0 Å². The van der Waals surface area contributed by atoms with Gasteiger partial charge in [-0.25, -0.2) is 0 Å². The Morgan fingerprint density at radius 3 is 2.34 bits per heavy atom. The Hall–Kier alpha value is -3.01. The maximum absolute atomic E-state index is 13.3. The summed E-state index contributed by atoms with van der Waals surface area (Å²) < 4.78 is 41.2. The van der Waals surface area contributed by atoms with Gasteiger partial charge in [-0.05, 0) is 48.0 Å². The van der Waals surface area contributed by atoms with Crippen molar-refractivity contribution in [3.63, 3.8) is 0 Å². The van der Waals surface area contributed by atoms with Crippen LogP contribution in [0.2, 0.25) is 10.0 Å². The van der Waals surface area contributed by atoms with Crippen LogP contribution in [0.3, 0.4) is 0 Å². The number of aromatic nitrogens is 3. The highest BCUT2D eigenvalue weighted by molar-refractivity contribution is 8.00. The molecule has 0 spiro atoms. The molecule has 0 fully saturated rings. The minimum Gasteiger partial charge on any atom is -0.323 e. The molecule has 0 aliphatic heterocycles. The molecule has 0 aliphatic rings. The highest BCUT2D eigenvalue weighted by atomic mass is 35.5. The number of thioether (sulfide) groups is 1. The first-order valence-electron chi connectivity index (χ1n) is 10.2. The van der Waals surface area contributed by atoms with Gasteiger partial charge in [0.05, 0.1) is 16.3 Å². The first-order chi connectivity index (χ1) is 16.6. The van der Waals surface area contributed by atoms with Gasteiger partial charge >= 0.3 is 6.18 Å². The van der Waals surface area contributed by atoms with Gasteiger partial charge in [-0.2, -0.15) is 13.2 Å². The van der Waals surface area contributed by atoms with Crippen LogP contribution in [0, 0.1) is 0 Å². The number of hydrogen-bond donors (Lipinski definition) is 1. The van der Waals surface area contributed by atoms with Gasteiger partial charge in [0.2, 0.25) is 5.91 Å². The van der Waals surface area contributed by atoms with E-state index in [1.54, 1.807) is 66.2 Å². The molecule has 0 bridgehead atoms. The molecule has 1 heterocycles. The topological polar surface area (TPSA) is 59.8 Å². The Morgan fingerprint density at radius 1 is 1.00 bits per heavy atom. The van der Waals surface area contributed by atoms with E-state index in [9.17, 15) is 18.0 Å². The predicted octanol–water partition coefficient (Wildman–Crippen LogP) is 7.28. The second-order valence-electron chi connectivity index (χ2n) is 7.46. The Morgan fingerprint density at radius 2 is 1.69 bits per heavy atom. The molecule has 0 saturated heterocycles. The van der Waals surface area contributed by atoms with E-state index in [4.69, 9.17) is 23.2 Å². The zero-order valence-electron chi connectivity index (χ0n) is 18.1. The van der Waals surface area contributed by atoms with Crippen LogP contribution >= 0.6 is 35.0 Å². The van der Waals surface area contributed by atoms with Crippen molar-refractivity contribution in [2.45, 2.75) is 16.6 Å². The Bertz CT molecular complexity index is 1350. The number of carbonyl (C=O) groups is 1. The molecule has 180 valence electrons. The van der Waals surface area contributed by atoms with Crippen molar-refractivity contribution < 1.29 is 18.0 Å². The molecule has 1 amide bonds. The van der Waals surface area contributed by atoms with Crippen LogP contribution in [-0.4, -0.2) is 20.7 Å². The zero-order chi connectivity index (χ0) is 25.2. The van der Waals surface area contributed by atoms with Gasteiger partial charge < -0.3 is 9.88 Å². The van der Waals surface area contributed by atoms with Crippen molar-refractivity contribution in [2.24, 2.45) is 7.05 Å². The molecular formula is C24H17Cl2F3N4OS. The van der Waals surface area contributed by atoms with Crippen LogP contribution in [0.25, 0.3) is 11.4 Å². The van der Waals surface area contributed by atoms with E-state index in [2.05, 4.69) is 15.5 Å². The molecule has 1 atom stereocenters. The monoisotopic (exact) mass is 536 g/mol. The van der Waals surface area contributed by atoms with Gasteiger partial charge in [-0.3, -0.25) is 4.79 Å². The molecule has 11 heteroatoms. The maximum Gasteiger partial charge on any atom is 0.416 e. The molecule has 0 aliphatic carbocycles. The molecule has 5 nitrogen and oxygen atoms in total. The van der Waals surface area contributed by atoms with E-state index >= 15 is 0 Å². The van der Waals surface area contributed by atoms with Crippen LogP contribution in [0.4, 0.5) is 18.9 Å². The normalized spacial score (nSPS) is 12.4. The standard InChI is InChI=1S/C24H17Cl2F3N4OS/c1-33-21(15-7-10-17(25)11-8-15)31-32-23(33)35-20(14-5-3-2-4-6-14)22(34)30-19-13-16(24(27,28)29)9-12-18(19)26/h2-13,20H,1H3,(H,30,34)/t20-/m1/s1. The summed E-state index contributed by atoms with van der Waals surface area (Å²) in [7, 11) is 1.76. The molecule has 0 saturated carbocycles. The van der Waals surface area contributed by atoms with E-state index in [0.717, 1.165) is 35.5 Å². The van der Waals surface area contributed by atoms with Gasteiger partial charge in [-0.15, -0.1) is 10.2 Å².